The number of aryl methyl sites for hydroxylation is 2. The van der Waals surface area contributed by atoms with Crippen LogP contribution >= 0.6 is 0 Å². The Kier molecular flexibility index (Phi) is 6.32. The molecule has 4 heterocycles. The van der Waals surface area contributed by atoms with Crippen LogP contribution in [-0.2, 0) is 25.7 Å². The summed E-state index contributed by atoms with van der Waals surface area (Å²) in [7, 11) is 0. The van der Waals surface area contributed by atoms with Crippen molar-refractivity contribution in [1.29, 1.82) is 0 Å². The number of halogens is 3. The Balaban J connectivity index is 0.998. The molecule has 2 saturated carbocycles. The van der Waals surface area contributed by atoms with Gasteiger partial charge in [0, 0.05) is 23.8 Å². The van der Waals surface area contributed by atoms with Gasteiger partial charge >= 0.3 is 6.18 Å². The minimum atomic E-state index is -4.47. The van der Waals surface area contributed by atoms with E-state index in [1.807, 2.05) is 0 Å². The first-order valence-electron chi connectivity index (χ1n) is 12.9. The summed E-state index contributed by atoms with van der Waals surface area (Å²) in [5.74, 6) is 0.800. The fourth-order valence-corrected chi connectivity index (χ4v) is 4.80. The summed E-state index contributed by atoms with van der Waals surface area (Å²) in [5.41, 5.74) is 4.11. The lowest BCUT2D eigenvalue weighted by Gasteiger charge is -2.08. The van der Waals surface area contributed by atoms with E-state index in [4.69, 9.17) is 0 Å². The van der Waals surface area contributed by atoms with Crippen molar-refractivity contribution in [1.82, 2.24) is 40.5 Å². The van der Waals surface area contributed by atoms with Crippen molar-refractivity contribution >= 4 is 16.9 Å². The zero-order valence-electron chi connectivity index (χ0n) is 20.6. The average molecular weight is 525 g/mol. The number of unbranched alkanes of at least 4 members (excludes halogenated alkanes) is 1. The number of nitrogens with one attached hydrogen (secondary N) is 2. The Bertz CT molecular complexity index is 1470. The number of H-pyrrole nitrogens is 1. The minimum absolute atomic E-state index is 0.0971. The predicted molar refractivity (Wildman–Crippen MR) is 131 cm³/mol. The van der Waals surface area contributed by atoms with E-state index >= 15 is 0 Å². The van der Waals surface area contributed by atoms with Crippen LogP contribution in [0.25, 0.3) is 11.0 Å². The van der Waals surface area contributed by atoms with Gasteiger partial charge in [-0.1, -0.05) is 5.21 Å². The molecule has 0 aliphatic heterocycles. The Morgan fingerprint density at radius 3 is 2.63 bits per heavy atom. The molecule has 9 nitrogen and oxygen atoms in total. The predicted octanol–water partition coefficient (Wildman–Crippen LogP) is 4.67. The SMILES string of the molecule is O=C(NCc1cc(C(F)(F)F)ccn1)c1cn(CCCCc2cc3c(C4CC4)c(C4CC4)[nH]c3nn2)nn1. The second kappa shape index (κ2) is 9.80. The second-order valence-corrected chi connectivity index (χ2v) is 10.1. The minimum Gasteiger partial charge on any atom is -0.345 e. The molecule has 2 N–H and O–H groups in total. The first kappa shape index (κ1) is 24.5. The number of hydrogen-bond donors (Lipinski definition) is 2. The lowest BCUT2D eigenvalue weighted by molar-refractivity contribution is -0.137. The van der Waals surface area contributed by atoms with E-state index in [9.17, 15) is 18.0 Å². The molecule has 6 rings (SSSR count). The third kappa shape index (κ3) is 5.39. The number of hydrogen-bond acceptors (Lipinski definition) is 6. The summed E-state index contributed by atoms with van der Waals surface area (Å²) in [4.78, 5) is 19.8. The molecule has 0 radical (unpaired) electrons. The van der Waals surface area contributed by atoms with Gasteiger partial charge in [-0.05, 0) is 80.5 Å². The van der Waals surface area contributed by atoms with Gasteiger partial charge in [-0.3, -0.25) is 14.5 Å². The highest BCUT2D eigenvalue weighted by molar-refractivity contribution is 5.91. The molecule has 38 heavy (non-hydrogen) atoms. The van der Waals surface area contributed by atoms with Gasteiger partial charge in [0.05, 0.1) is 29.7 Å². The molecule has 0 saturated heterocycles. The third-order valence-electron chi connectivity index (χ3n) is 7.06. The normalized spacial score (nSPS) is 15.8. The number of carbonyl (C=O) groups is 1. The van der Waals surface area contributed by atoms with Crippen molar-refractivity contribution in [2.24, 2.45) is 0 Å². The second-order valence-electron chi connectivity index (χ2n) is 10.1. The Labute approximate surface area is 216 Å². The van der Waals surface area contributed by atoms with Gasteiger partial charge in [-0.25, -0.2) is 0 Å². The fourth-order valence-electron chi connectivity index (χ4n) is 4.80. The van der Waals surface area contributed by atoms with E-state index in [0.29, 0.717) is 18.4 Å². The number of carbonyl (C=O) groups excluding carboxylic acids is 1. The first-order chi connectivity index (χ1) is 18.3. The van der Waals surface area contributed by atoms with Crippen LogP contribution in [0.3, 0.4) is 0 Å². The number of pyridine rings is 1. The highest BCUT2D eigenvalue weighted by atomic mass is 19.4. The van der Waals surface area contributed by atoms with Crippen LogP contribution in [0.4, 0.5) is 13.2 Å². The van der Waals surface area contributed by atoms with E-state index in [1.165, 1.54) is 48.5 Å². The van der Waals surface area contributed by atoms with Gasteiger partial charge < -0.3 is 10.3 Å². The molecule has 2 aliphatic carbocycles. The summed E-state index contributed by atoms with van der Waals surface area (Å²) in [6.45, 7) is 0.432. The molecule has 0 spiro atoms. The summed E-state index contributed by atoms with van der Waals surface area (Å²) in [5, 5.41) is 20.5. The molecule has 198 valence electrons. The molecular weight excluding hydrogens is 497 g/mol. The molecule has 2 aliphatic rings. The average Bonchev–Trinajstić information content (AvgIpc) is 3.84. The van der Waals surface area contributed by atoms with Crippen molar-refractivity contribution < 1.29 is 18.0 Å². The number of rotatable bonds is 10. The molecule has 12 heteroatoms. The van der Waals surface area contributed by atoms with Crippen LogP contribution in [-0.4, -0.2) is 41.1 Å². The molecule has 1 amide bonds. The summed E-state index contributed by atoms with van der Waals surface area (Å²) < 4.78 is 40.1. The van der Waals surface area contributed by atoms with Gasteiger partial charge in [0.1, 0.15) is 0 Å². The number of alkyl halides is 3. The fraction of sp³-hybridized carbons (Fsp3) is 0.462. The zero-order chi connectivity index (χ0) is 26.3. The topological polar surface area (TPSA) is 114 Å². The molecule has 0 aromatic carbocycles. The van der Waals surface area contributed by atoms with E-state index in [-0.39, 0.29) is 17.9 Å². The standard InChI is InChI=1S/C26H27F3N8O/c27-26(28,29)17-8-9-30-19(11-17)13-31-25(38)21-14-37(36-34-21)10-2-1-3-18-12-20-22(15-4-5-15)23(16-6-7-16)32-24(20)35-33-18/h8-9,11-12,14-16H,1-7,10,13H2,(H,31,38)(H,32,35). The Morgan fingerprint density at radius 1 is 1.05 bits per heavy atom. The van der Waals surface area contributed by atoms with Gasteiger partial charge in [-0.2, -0.15) is 18.3 Å². The molecule has 4 aromatic heterocycles. The van der Waals surface area contributed by atoms with E-state index < -0.39 is 17.6 Å². The maximum atomic E-state index is 12.9. The van der Waals surface area contributed by atoms with Crippen LogP contribution in [0, 0.1) is 0 Å². The molecule has 2 fully saturated rings. The zero-order valence-corrected chi connectivity index (χ0v) is 20.6. The van der Waals surface area contributed by atoms with Crippen molar-refractivity contribution in [2.45, 2.75) is 76.0 Å². The van der Waals surface area contributed by atoms with Crippen LogP contribution in [0.1, 0.15) is 89.1 Å². The molecule has 0 atom stereocenters. The van der Waals surface area contributed by atoms with Crippen molar-refractivity contribution in [3.8, 4) is 0 Å². The number of aromatic amines is 1. The molecule has 0 unspecified atom stereocenters. The highest BCUT2D eigenvalue weighted by Crippen LogP contribution is 2.51. The maximum Gasteiger partial charge on any atom is 0.416 e. The van der Waals surface area contributed by atoms with E-state index in [2.05, 4.69) is 41.9 Å². The quantitative estimate of drug-likeness (QED) is 0.292. The van der Waals surface area contributed by atoms with Crippen LogP contribution in [0.15, 0.2) is 30.6 Å². The van der Waals surface area contributed by atoms with E-state index in [0.717, 1.165) is 48.9 Å². The largest absolute Gasteiger partial charge is 0.416 e. The van der Waals surface area contributed by atoms with Crippen LogP contribution in [0.2, 0.25) is 0 Å². The van der Waals surface area contributed by atoms with E-state index in [1.54, 1.807) is 4.68 Å². The van der Waals surface area contributed by atoms with Crippen molar-refractivity contribution in [3.63, 3.8) is 0 Å². The first-order valence-corrected chi connectivity index (χ1v) is 12.9. The van der Waals surface area contributed by atoms with Gasteiger partial charge in [0.25, 0.3) is 5.91 Å². The Hall–Kier alpha value is -3.83. The van der Waals surface area contributed by atoms with Gasteiger partial charge in [0.15, 0.2) is 11.3 Å². The molecule has 4 aromatic rings. The third-order valence-corrected chi connectivity index (χ3v) is 7.06. The molecule has 0 bridgehead atoms. The van der Waals surface area contributed by atoms with Crippen LogP contribution < -0.4 is 5.32 Å². The number of amides is 1. The van der Waals surface area contributed by atoms with Gasteiger partial charge in [-0.15, -0.1) is 10.2 Å². The number of fused-ring (bicyclic) bond motifs is 1. The van der Waals surface area contributed by atoms with Crippen molar-refractivity contribution in [2.75, 3.05) is 0 Å². The number of aromatic nitrogens is 7. The monoisotopic (exact) mass is 524 g/mol. The lowest BCUT2D eigenvalue weighted by Crippen LogP contribution is -2.24. The summed E-state index contributed by atoms with van der Waals surface area (Å²) in [6, 6.07) is 3.99. The summed E-state index contributed by atoms with van der Waals surface area (Å²) >= 11 is 0. The summed E-state index contributed by atoms with van der Waals surface area (Å²) in [6.07, 6.45) is 5.64. The smallest absolute Gasteiger partial charge is 0.345 e. The highest BCUT2D eigenvalue weighted by Gasteiger charge is 2.36. The van der Waals surface area contributed by atoms with Crippen LogP contribution in [0.5, 0.6) is 0 Å². The van der Waals surface area contributed by atoms with Gasteiger partial charge in [0.2, 0.25) is 0 Å². The lowest BCUT2D eigenvalue weighted by atomic mass is 10.0. The Morgan fingerprint density at radius 2 is 1.87 bits per heavy atom. The molecular formula is C26H27F3N8O. The number of nitrogens with zero attached hydrogens (tertiary/aromatic N) is 6. The maximum absolute atomic E-state index is 12.9. The van der Waals surface area contributed by atoms with Crippen molar-refractivity contribution in [3.05, 3.63) is 64.5 Å².